The Morgan fingerprint density at radius 1 is 0.879 bits per heavy atom. The second-order valence-electron chi connectivity index (χ2n) is 11.4. The highest BCUT2D eigenvalue weighted by Crippen LogP contribution is 2.45. The van der Waals surface area contributed by atoms with Crippen LogP contribution in [0.1, 0.15) is 66.2 Å². The van der Waals surface area contributed by atoms with Gasteiger partial charge in [-0.15, -0.1) is 6.58 Å². The van der Waals surface area contributed by atoms with Crippen molar-refractivity contribution >= 4 is 25.6 Å². The van der Waals surface area contributed by atoms with Crippen molar-refractivity contribution in [1.29, 1.82) is 0 Å². The number of allylic oxidation sites excluding steroid dienone is 1. The number of benzene rings is 2. The number of hydrogen-bond acceptors (Lipinski definition) is 2. The van der Waals surface area contributed by atoms with Crippen LogP contribution in [0.25, 0.3) is 0 Å². The van der Waals surface area contributed by atoms with Gasteiger partial charge in [-0.05, 0) is 51.0 Å². The average Bonchev–Trinajstić information content (AvgIpc) is 3.05. The molecular formula is C29H41BO2Si. The van der Waals surface area contributed by atoms with Gasteiger partial charge in [0, 0.05) is 0 Å². The molecule has 0 bridgehead atoms. The third kappa shape index (κ3) is 4.80. The number of hydrogen-bond donors (Lipinski definition) is 0. The van der Waals surface area contributed by atoms with Gasteiger partial charge in [0.2, 0.25) is 0 Å². The van der Waals surface area contributed by atoms with Crippen LogP contribution in [0.5, 0.6) is 0 Å². The minimum absolute atomic E-state index is 0.328. The van der Waals surface area contributed by atoms with E-state index < -0.39 is 8.07 Å². The first-order chi connectivity index (χ1) is 15.6. The van der Waals surface area contributed by atoms with E-state index in [1.165, 1.54) is 42.5 Å². The van der Waals surface area contributed by atoms with Crippen LogP contribution in [0.3, 0.4) is 0 Å². The molecule has 1 saturated heterocycles. The lowest BCUT2D eigenvalue weighted by molar-refractivity contribution is 0.00578. The molecule has 176 valence electrons. The van der Waals surface area contributed by atoms with Gasteiger partial charge < -0.3 is 9.31 Å². The molecule has 0 radical (unpaired) electrons. The normalized spacial score (nSPS) is 21.7. The van der Waals surface area contributed by atoms with Gasteiger partial charge >= 0.3 is 7.12 Å². The summed E-state index contributed by atoms with van der Waals surface area (Å²) in [6.07, 6.45) is 7.67. The predicted octanol–water partition coefficient (Wildman–Crippen LogP) is 6.41. The molecule has 0 N–H and O–H groups in total. The monoisotopic (exact) mass is 460 g/mol. The Hall–Kier alpha value is -1.62. The van der Waals surface area contributed by atoms with Crippen molar-refractivity contribution in [2.24, 2.45) is 5.92 Å². The Morgan fingerprint density at radius 3 is 1.79 bits per heavy atom. The molecule has 2 fully saturated rings. The largest absolute Gasteiger partial charge is 0.489 e. The SMILES string of the molecule is C=C(CC(C1CCCCC1)[Si](C)(c1ccccc1)c1ccccc1)B1OC(C)(C)C(C)(C)O1. The van der Waals surface area contributed by atoms with E-state index >= 15 is 0 Å². The second-order valence-corrected chi connectivity index (χ2v) is 15.7. The molecule has 2 aromatic carbocycles. The highest BCUT2D eigenvalue weighted by molar-refractivity contribution is 7.02. The molecule has 4 heteroatoms. The van der Waals surface area contributed by atoms with Crippen LogP contribution in [0, 0.1) is 5.92 Å². The molecule has 0 aromatic heterocycles. The van der Waals surface area contributed by atoms with E-state index in [2.05, 4.69) is 101 Å². The fourth-order valence-electron chi connectivity index (χ4n) is 5.93. The van der Waals surface area contributed by atoms with Crippen LogP contribution in [0.4, 0.5) is 0 Å². The Balaban J connectivity index is 1.73. The summed E-state index contributed by atoms with van der Waals surface area (Å²) in [5.41, 5.74) is 1.00. The summed E-state index contributed by atoms with van der Waals surface area (Å²) in [7, 11) is -2.40. The first kappa shape index (κ1) is 24.5. The first-order valence-corrected chi connectivity index (χ1v) is 15.4. The molecule has 4 rings (SSSR count). The van der Waals surface area contributed by atoms with Crippen molar-refractivity contribution in [1.82, 2.24) is 0 Å². The smallest absolute Gasteiger partial charge is 0.400 e. The highest BCUT2D eigenvalue weighted by Gasteiger charge is 2.53. The van der Waals surface area contributed by atoms with E-state index in [4.69, 9.17) is 9.31 Å². The van der Waals surface area contributed by atoms with Crippen LogP contribution in [-0.2, 0) is 9.31 Å². The Kier molecular flexibility index (Phi) is 7.10. The molecular weight excluding hydrogens is 419 g/mol. The predicted molar refractivity (Wildman–Crippen MR) is 144 cm³/mol. The maximum Gasteiger partial charge on any atom is 0.489 e. The lowest BCUT2D eigenvalue weighted by Crippen LogP contribution is -2.61. The van der Waals surface area contributed by atoms with E-state index in [1.54, 1.807) is 0 Å². The van der Waals surface area contributed by atoms with Gasteiger partial charge in [0.05, 0.1) is 11.2 Å². The second kappa shape index (κ2) is 9.56. The van der Waals surface area contributed by atoms with Crippen LogP contribution < -0.4 is 10.4 Å². The Labute approximate surface area is 202 Å². The third-order valence-corrected chi connectivity index (χ3v) is 14.0. The quantitative estimate of drug-likeness (QED) is 0.445. The zero-order valence-electron chi connectivity index (χ0n) is 21.3. The fourth-order valence-corrected chi connectivity index (χ4v) is 10.8. The van der Waals surface area contributed by atoms with Gasteiger partial charge in [0.25, 0.3) is 0 Å². The van der Waals surface area contributed by atoms with Crippen molar-refractivity contribution < 1.29 is 9.31 Å². The maximum atomic E-state index is 6.43. The minimum atomic E-state index is -2.08. The lowest BCUT2D eigenvalue weighted by atomic mass is 9.74. The fraction of sp³-hybridized carbons (Fsp3) is 0.517. The topological polar surface area (TPSA) is 18.5 Å². The first-order valence-electron chi connectivity index (χ1n) is 12.8. The van der Waals surface area contributed by atoms with Crippen LogP contribution >= 0.6 is 0 Å². The van der Waals surface area contributed by atoms with Crippen molar-refractivity contribution in [3.8, 4) is 0 Å². The summed E-state index contributed by atoms with van der Waals surface area (Å²) in [5.74, 6) is 0.718. The van der Waals surface area contributed by atoms with E-state index in [-0.39, 0.29) is 18.3 Å². The summed E-state index contributed by atoms with van der Waals surface area (Å²) in [5, 5.41) is 3.04. The molecule has 1 atom stereocenters. The third-order valence-electron chi connectivity index (χ3n) is 8.78. The van der Waals surface area contributed by atoms with Crippen molar-refractivity contribution in [3.63, 3.8) is 0 Å². The van der Waals surface area contributed by atoms with Crippen molar-refractivity contribution in [2.45, 2.75) is 89.5 Å². The molecule has 1 saturated carbocycles. The molecule has 33 heavy (non-hydrogen) atoms. The summed E-state index contributed by atoms with van der Waals surface area (Å²) in [6.45, 7) is 15.7. The zero-order valence-corrected chi connectivity index (χ0v) is 22.3. The van der Waals surface area contributed by atoms with E-state index in [0.717, 1.165) is 17.8 Å². The summed E-state index contributed by atoms with van der Waals surface area (Å²) < 4.78 is 12.9. The van der Waals surface area contributed by atoms with E-state index in [0.29, 0.717) is 5.54 Å². The van der Waals surface area contributed by atoms with Gasteiger partial charge in [0.15, 0.2) is 0 Å². The average molecular weight is 461 g/mol. The van der Waals surface area contributed by atoms with Crippen LogP contribution in [0.15, 0.2) is 72.7 Å². The molecule has 2 nitrogen and oxygen atoms in total. The van der Waals surface area contributed by atoms with Gasteiger partial charge in [-0.1, -0.05) is 110 Å². The van der Waals surface area contributed by atoms with Gasteiger partial charge in [0.1, 0.15) is 8.07 Å². The van der Waals surface area contributed by atoms with Crippen molar-refractivity contribution in [3.05, 3.63) is 72.7 Å². The lowest BCUT2D eigenvalue weighted by Gasteiger charge is -2.43. The molecule has 2 aromatic rings. The standard InChI is InChI=1S/C29H41BO2Si/c1-23(30-31-28(2,3)29(4,5)32-30)22-27(24-16-10-7-11-17-24)33(6,25-18-12-8-13-19-25)26-20-14-9-15-21-26/h8-9,12-15,18-21,24,27H,1,7,10-11,16-17,22H2,2-6H3. The summed E-state index contributed by atoms with van der Waals surface area (Å²) >= 11 is 0. The molecule has 0 spiro atoms. The summed E-state index contributed by atoms with van der Waals surface area (Å²) in [4.78, 5) is 0. The molecule has 1 aliphatic carbocycles. The maximum absolute atomic E-state index is 6.43. The molecule has 1 heterocycles. The molecule has 1 aliphatic heterocycles. The summed E-state index contributed by atoms with van der Waals surface area (Å²) in [6, 6.07) is 22.6. The van der Waals surface area contributed by atoms with Crippen LogP contribution in [0.2, 0.25) is 12.1 Å². The minimum Gasteiger partial charge on any atom is -0.400 e. The highest BCUT2D eigenvalue weighted by atomic mass is 28.3. The molecule has 1 unspecified atom stereocenters. The van der Waals surface area contributed by atoms with Gasteiger partial charge in [-0.3, -0.25) is 0 Å². The van der Waals surface area contributed by atoms with E-state index in [9.17, 15) is 0 Å². The Bertz CT molecular complexity index is 879. The molecule has 2 aliphatic rings. The Morgan fingerprint density at radius 2 is 1.33 bits per heavy atom. The number of rotatable bonds is 7. The van der Waals surface area contributed by atoms with Crippen LogP contribution in [-0.4, -0.2) is 26.4 Å². The van der Waals surface area contributed by atoms with Crippen molar-refractivity contribution in [2.75, 3.05) is 0 Å². The van der Waals surface area contributed by atoms with Gasteiger partial charge in [-0.2, -0.15) is 0 Å². The van der Waals surface area contributed by atoms with E-state index in [1.807, 2.05) is 0 Å². The molecule has 0 amide bonds. The van der Waals surface area contributed by atoms with Gasteiger partial charge in [-0.25, -0.2) is 0 Å². The zero-order chi connectivity index (χ0) is 23.7.